The molecule has 0 saturated heterocycles. The zero-order valence-electron chi connectivity index (χ0n) is 11.8. The van der Waals surface area contributed by atoms with Crippen LogP contribution in [-0.4, -0.2) is 30.9 Å². The normalized spacial score (nSPS) is 10.2. The third-order valence-corrected chi connectivity index (χ3v) is 4.70. The van der Waals surface area contributed by atoms with Crippen LogP contribution in [-0.2, 0) is 11.3 Å². The number of thioether (sulfide) groups is 1. The van der Waals surface area contributed by atoms with Crippen LogP contribution in [0.1, 0.15) is 5.56 Å². The molecular weight excluding hydrogens is 308 g/mol. The highest BCUT2D eigenvalue weighted by molar-refractivity contribution is 8.01. The molecule has 1 amide bonds. The molecule has 1 aromatic heterocycles. The monoisotopic (exact) mass is 324 g/mol. The zero-order valence-corrected chi connectivity index (χ0v) is 13.4. The Hall–Kier alpha value is -1.73. The van der Waals surface area contributed by atoms with Gasteiger partial charge in [-0.1, -0.05) is 6.07 Å². The molecule has 0 bridgehead atoms. The maximum Gasteiger partial charge on any atom is 0.230 e. The van der Waals surface area contributed by atoms with Gasteiger partial charge in [0.1, 0.15) is 0 Å². The van der Waals surface area contributed by atoms with E-state index in [0.717, 1.165) is 9.77 Å². The molecule has 2 aromatic rings. The van der Waals surface area contributed by atoms with E-state index in [2.05, 4.69) is 10.3 Å². The Bertz CT molecular complexity index is 588. The maximum atomic E-state index is 11.8. The molecule has 1 aromatic carbocycles. The first-order valence-corrected chi connectivity index (χ1v) is 8.08. The molecule has 112 valence electrons. The lowest BCUT2D eigenvalue weighted by molar-refractivity contribution is -0.118. The van der Waals surface area contributed by atoms with Crippen LogP contribution in [0.4, 0.5) is 0 Å². The number of carbonyl (C=O) groups is 1. The molecule has 0 aliphatic heterocycles. The Morgan fingerprint density at radius 1 is 1.33 bits per heavy atom. The molecule has 0 unspecified atom stereocenters. The second kappa shape index (κ2) is 7.90. The Morgan fingerprint density at radius 2 is 2.14 bits per heavy atom. The van der Waals surface area contributed by atoms with Gasteiger partial charge in [0.2, 0.25) is 5.91 Å². The first-order chi connectivity index (χ1) is 10.2. The summed E-state index contributed by atoms with van der Waals surface area (Å²) in [4.78, 5) is 15.8. The van der Waals surface area contributed by atoms with E-state index in [1.807, 2.05) is 18.2 Å². The minimum absolute atomic E-state index is 0.0109. The summed E-state index contributed by atoms with van der Waals surface area (Å²) in [7, 11) is 3.18. The Balaban J connectivity index is 1.83. The summed E-state index contributed by atoms with van der Waals surface area (Å²) in [6.45, 7) is 0.461. The van der Waals surface area contributed by atoms with E-state index in [4.69, 9.17) is 9.47 Å². The number of hydrogen-bond acceptors (Lipinski definition) is 6. The molecule has 0 fully saturated rings. The second-order valence-corrected chi connectivity index (χ2v) is 6.24. The van der Waals surface area contributed by atoms with Gasteiger partial charge in [0.25, 0.3) is 0 Å². The van der Waals surface area contributed by atoms with E-state index >= 15 is 0 Å². The highest BCUT2D eigenvalue weighted by Crippen LogP contribution is 2.27. The largest absolute Gasteiger partial charge is 0.493 e. The first kappa shape index (κ1) is 15.7. The summed E-state index contributed by atoms with van der Waals surface area (Å²) in [6, 6.07) is 5.58. The fraction of sp³-hybridized carbons (Fsp3) is 0.286. The standard InChI is InChI=1S/C14H16N2O3S2/c1-18-11-4-3-10(5-12(11)19-2)6-16-13(17)8-20-14-7-15-9-21-14/h3-5,7,9H,6,8H2,1-2H3,(H,16,17). The molecule has 5 nitrogen and oxygen atoms in total. The summed E-state index contributed by atoms with van der Waals surface area (Å²) in [6.07, 6.45) is 1.76. The molecule has 0 saturated carbocycles. The van der Waals surface area contributed by atoms with Gasteiger partial charge in [0.05, 0.1) is 35.9 Å². The van der Waals surface area contributed by atoms with Gasteiger partial charge < -0.3 is 14.8 Å². The average molecular weight is 324 g/mol. The van der Waals surface area contributed by atoms with Gasteiger partial charge in [-0.3, -0.25) is 9.78 Å². The lowest BCUT2D eigenvalue weighted by Crippen LogP contribution is -2.24. The molecule has 21 heavy (non-hydrogen) atoms. The van der Waals surface area contributed by atoms with Crippen LogP contribution in [0.3, 0.4) is 0 Å². The predicted molar refractivity (Wildman–Crippen MR) is 84.2 cm³/mol. The molecular formula is C14H16N2O3S2. The quantitative estimate of drug-likeness (QED) is 0.793. The van der Waals surface area contributed by atoms with Gasteiger partial charge in [0, 0.05) is 6.54 Å². The highest BCUT2D eigenvalue weighted by atomic mass is 32.2. The number of rotatable bonds is 7. The van der Waals surface area contributed by atoms with E-state index in [1.54, 1.807) is 25.9 Å². The number of thiazole rings is 1. The van der Waals surface area contributed by atoms with E-state index < -0.39 is 0 Å². The van der Waals surface area contributed by atoms with Gasteiger partial charge in [-0.15, -0.1) is 23.1 Å². The van der Waals surface area contributed by atoms with Crippen LogP contribution < -0.4 is 14.8 Å². The van der Waals surface area contributed by atoms with Crippen LogP contribution in [0.2, 0.25) is 0 Å². The van der Waals surface area contributed by atoms with Crippen molar-refractivity contribution in [3.8, 4) is 11.5 Å². The molecule has 2 rings (SSSR count). The number of methoxy groups -OCH3 is 2. The number of hydrogen-bond donors (Lipinski definition) is 1. The van der Waals surface area contributed by atoms with Crippen molar-refractivity contribution < 1.29 is 14.3 Å². The first-order valence-electron chi connectivity index (χ1n) is 6.22. The summed E-state index contributed by atoms with van der Waals surface area (Å²) in [5.74, 6) is 1.70. The number of nitrogens with zero attached hydrogens (tertiary/aromatic N) is 1. The Labute approximate surface area is 131 Å². The van der Waals surface area contributed by atoms with Crippen molar-refractivity contribution in [2.24, 2.45) is 0 Å². The van der Waals surface area contributed by atoms with E-state index in [1.165, 1.54) is 23.1 Å². The summed E-state index contributed by atoms with van der Waals surface area (Å²) >= 11 is 3.01. The number of aromatic nitrogens is 1. The van der Waals surface area contributed by atoms with Crippen molar-refractivity contribution in [1.82, 2.24) is 10.3 Å². The summed E-state index contributed by atoms with van der Waals surface area (Å²) < 4.78 is 11.4. The van der Waals surface area contributed by atoms with Gasteiger partial charge in [-0.2, -0.15) is 0 Å². The van der Waals surface area contributed by atoms with Crippen LogP contribution in [0.5, 0.6) is 11.5 Å². The number of ether oxygens (including phenoxy) is 2. The van der Waals surface area contributed by atoms with E-state index in [-0.39, 0.29) is 5.91 Å². The van der Waals surface area contributed by atoms with Gasteiger partial charge in [-0.25, -0.2) is 0 Å². The molecule has 1 heterocycles. The molecule has 0 atom stereocenters. The number of amides is 1. The number of carbonyl (C=O) groups excluding carboxylic acids is 1. The van der Waals surface area contributed by atoms with Crippen LogP contribution in [0, 0.1) is 0 Å². The van der Waals surface area contributed by atoms with Crippen molar-refractivity contribution >= 4 is 29.0 Å². The van der Waals surface area contributed by atoms with Crippen molar-refractivity contribution in [1.29, 1.82) is 0 Å². The topological polar surface area (TPSA) is 60.5 Å². The smallest absolute Gasteiger partial charge is 0.230 e. The molecule has 0 radical (unpaired) electrons. The molecule has 0 aliphatic rings. The average Bonchev–Trinajstić information content (AvgIpc) is 3.04. The lowest BCUT2D eigenvalue weighted by Gasteiger charge is -2.10. The SMILES string of the molecule is COc1ccc(CNC(=O)CSc2cncs2)cc1OC. The molecule has 0 spiro atoms. The van der Waals surface area contributed by atoms with Crippen molar-refractivity contribution in [2.75, 3.05) is 20.0 Å². The second-order valence-electron chi connectivity index (χ2n) is 4.08. The minimum atomic E-state index is -0.0109. The van der Waals surface area contributed by atoms with Gasteiger partial charge in [-0.05, 0) is 17.7 Å². The maximum absolute atomic E-state index is 11.8. The minimum Gasteiger partial charge on any atom is -0.493 e. The Morgan fingerprint density at radius 3 is 2.81 bits per heavy atom. The van der Waals surface area contributed by atoms with Crippen LogP contribution in [0.15, 0.2) is 34.1 Å². The number of benzene rings is 1. The fourth-order valence-corrected chi connectivity index (χ4v) is 3.09. The van der Waals surface area contributed by atoms with E-state index in [0.29, 0.717) is 23.8 Å². The molecule has 7 heteroatoms. The third-order valence-electron chi connectivity index (χ3n) is 2.69. The van der Waals surface area contributed by atoms with Gasteiger partial charge >= 0.3 is 0 Å². The fourth-order valence-electron chi connectivity index (χ4n) is 1.65. The van der Waals surface area contributed by atoms with Crippen LogP contribution >= 0.6 is 23.1 Å². The van der Waals surface area contributed by atoms with Crippen molar-refractivity contribution in [3.63, 3.8) is 0 Å². The molecule has 1 N–H and O–H groups in total. The summed E-state index contributed by atoms with van der Waals surface area (Å²) in [5, 5.41) is 2.88. The van der Waals surface area contributed by atoms with Crippen molar-refractivity contribution in [3.05, 3.63) is 35.5 Å². The van der Waals surface area contributed by atoms with Crippen molar-refractivity contribution in [2.45, 2.75) is 10.8 Å². The molecule has 0 aliphatic carbocycles. The third kappa shape index (κ3) is 4.64. The van der Waals surface area contributed by atoms with Gasteiger partial charge in [0.15, 0.2) is 11.5 Å². The van der Waals surface area contributed by atoms with E-state index in [9.17, 15) is 4.79 Å². The Kier molecular flexibility index (Phi) is 5.89. The predicted octanol–water partition coefficient (Wildman–Crippen LogP) is 2.57. The summed E-state index contributed by atoms with van der Waals surface area (Å²) in [5.41, 5.74) is 2.72. The lowest BCUT2D eigenvalue weighted by atomic mass is 10.2. The number of nitrogens with one attached hydrogen (secondary N) is 1. The van der Waals surface area contributed by atoms with Crippen LogP contribution in [0.25, 0.3) is 0 Å². The zero-order chi connectivity index (χ0) is 15.1. The highest BCUT2D eigenvalue weighted by Gasteiger charge is 2.07.